The van der Waals surface area contributed by atoms with Crippen LogP contribution in [0.1, 0.15) is 47.5 Å². The van der Waals surface area contributed by atoms with E-state index in [1.165, 1.54) is 5.56 Å². The van der Waals surface area contributed by atoms with E-state index in [1.807, 2.05) is 60.1 Å². The SMILES string of the molecule is CCC(c1nnnn1Cc1ccccc1)N(CCc1ccccc1)Cc1cc2cccc(C)c2[nH]c1=O. The fourth-order valence-corrected chi connectivity index (χ4v) is 4.95. The molecule has 1 N–H and O–H groups in total. The first-order valence-corrected chi connectivity index (χ1v) is 12.8. The molecule has 0 fully saturated rings. The molecule has 3 aromatic carbocycles. The molecule has 0 aliphatic heterocycles. The number of pyridine rings is 1. The van der Waals surface area contributed by atoms with Crippen LogP contribution in [0.2, 0.25) is 0 Å². The molecule has 0 amide bonds. The van der Waals surface area contributed by atoms with Crippen molar-refractivity contribution < 1.29 is 0 Å². The van der Waals surface area contributed by atoms with Crippen LogP contribution in [0, 0.1) is 6.92 Å². The van der Waals surface area contributed by atoms with Crippen LogP contribution in [-0.2, 0) is 19.5 Å². The minimum Gasteiger partial charge on any atom is -0.321 e. The van der Waals surface area contributed by atoms with Gasteiger partial charge < -0.3 is 4.98 Å². The van der Waals surface area contributed by atoms with E-state index < -0.39 is 0 Å². The van der Waals surface area contributed by atoms with Crippen LogP contribution in [-0.4, -0.2) is 36.6 Å². The van der Waals surface area contributed by atoms with Gasteiger partial charge >= 0.3 is 0 Å². The van der Waals surface area contributed by atoms with E-state index in [-0.39, 0.29) is 11.6 Å². The van der Waals surface area contributed by atoms with E-state index in [2.05, 4.69) is 68.7 Å². The first kappa shape index (κ1) is 24.6. The Bertz CT molecular complexity index is 1510. The summed E-state index contributed by atoms with van der Waals surface area (Å²) in [7, 11) is 0. The highest BCUT2D eigenvalue weighted by atomic mass is 16.1. The number of aromatic nitrogens is 5. The number of aryl methyl sites for hydroxylation is 1. The highest BCUT2D eigenvalue weighted by molar-refractivity contribution is 5.81. The Morgan fingerprint density at radius 3 is 2.41 bits per heavy atom. The second-order valence-corrected chi connectivity index (χ2v) is 9.47. The van der Waals surface area contributed by atoms with Crippen LogP contribution in [0.25, 0.3) is 10.9 Å². The molecule has 7 heteroatoms. The normalized spacial score (nSPS) is 12.3. The predicted octanol–water partition coefficient (Wildman–Crippen LogP) is 5.07. The molecule has 2 aromatic heterocycles. The fourth-order valence-electron chi connectivity index (χ4n) is 4.95. The van der Waals surface area contributed by atoms with Gasteiger partial charge in [-0.15, -0.1) is 5.10 Å². The summed E-state index contributed by atoms with van der Waals surface area (Å²) in [6.45, 7) is 6.04. The zero-order valence-corrected chi connectivity index (χ0v) is 21.3. The molecule has 0 spiro atoms. The lowest BCUT2D eigenvalue weighted by Gasteiger charge is -2.30. The number of aromatic amines is 1. The molecule has 0 bridgehead atoms. The van der Waals surface area contributed by atoms with Crippen molar-refractivity contribution >= 4 is 10.9 Å². The number of fused-ring (bicyclic) bond motifs is 1. The first-order valence-electron chi connectivity index (χ1n) is 12.8. The van der Waals surface area contributed by atoms with E-state index in [0.717, 1.165) is 52.8 Å². The number of H-pyrrole nitrogens is 1. The number of nitrogens with zero attached hydrogens (tertiary/aromatic N) is 5. The molecular formula is C30H32N6O. The number of rotatable bonds is 10. The molecule has 0 saturated heterocycles. The van der Waals surface area contributed by atoms with Crippen molar-refractivity contribution in [1.82, 2.24) is 30.1 Å². The molecule has 2 heterocycles. The Morgan fingerprint density at radius 2 is 1.68 bits per heavy atom. The van der Waals surface area contributed by atoms with Crippen LogP contribution >= 0.6 is 0 Å². The molecule has 188 valence electrons. The van der Waals surface area contributed by atoms with E-state index >= 15 is 0 Å². The number of tetrazole rings is 1. The summed E-state index contributed by atoms with van der Waals surface area (Å²) in [6, 6.07) is 28.7. The van der Waals surface area contributed by atoms with Crippen LogP contribution in [0.5, 0.6) is 0 Å². The highest BCUT2D eigenvalue weighted by Gasteiger charge is 2.26. The highest BCUT2D eigenvalue weighted by Crippen LogP contribution is 2.25. The lowest BCUT2D eigenvalue weighted by molar-refractivity contribution is 0.172. The van der Waals surface area contributed by atoms with Crippen molar-refractivity contribution in [2.24, 2.45) is 0 Å². The molecule has 37 heavy (non-hydrogen) atoms. The maximum Gasteiger partial charge on any atom is 0.252 e. The molecule has 1 atom stereocenters. The molecule has 1 unspecified atom stereocenters. The molecule has 0 saturated carbocycles. The van der Waals surface area contributed by atoms with E-state index in [0.29, 0.717) is 13.1 Å². The predicted molar refractivity (Wildman–Crippen MR) is 146 cm³/mol. The van der Waals surface area contributed by atoms with Gasteiger partial charge in [0.2, 0.25) is 0 Å². The average Bonchev–Trinajstić information content (AvgIpc) is 3.37. The number of hydrogen-bond acceptors (Lipinski definition) is 5. The summed E-state index contributed by atoms with van der Waals surface area (Å²) in [6.07, 6.45) is 1.68. The molecule has 7 nitrogen and oxygen atoms in total. The first-order chi connectivity index (χ1) is 18.1. The third-order valence-electron chi connectivity index (χ3n) is 6.93. The maximum atomic E-state index is 13.2. The summed E-state index contributed by atoms with van der Waals surface area (Å²) < 4.78 is 1.88. The van der Waals surface area contributed by atoms with Gasteiger partial charge in [-0.05, 0) is 58.3 Å². The smallest absolute Gasteiger partial charge is 0.252 e. The number of hydrogen-bond donors (Lipinski definition) is 1. The van der Waals surface area contributed by atoms with Crippen molar-refractivity contribution in [2.75, 3.05) is 6.54 Å². The van der Waals surface area contributed by atoms with Crippen molar-refractivity contribution in [1.29, 1.82) is 0 Å². The Kier molecular flexibility index (Phi) is 7.51. The van der Waals surface area contributed by atoms with Gasteiger partial charge in [0.05, 0.1) is 18.1 Å². The molecule has 5 aromatic rings. The number of benzene rings is 3. The summed E-state index contributed by atoms with van der Waals surface area (Å²) in [5.74, 6) is 0.812. The van der Waals surface area contributed by atoms with Crippen molar-refractivity contribution in [3.05, 3.63) is 123 Å². The van der Waals surface area contributed by atoms with Crippen molar-refractivity contribution in [3.8, 4) is 0 Å². The Balaban J connectivity index is 1.48. The quantitative estimate of drug-likeness (QED) is 0.295. The van der Waals surface area contributed by atoms with Crippen molar-refractivity contribution in [3.63, 3.8) is 0 Å². The van der Waals surface area contributed by atoms with E-state index in [4.69, 9.17) is 0 Å². The second-order valence-electron chi connectivity index (χ2n) is 9.47. The monoisotopic (exact) mass is 492 g/mol. The Morgan fingerprint density at radius 1 is 0.946 bits per heavy atom. The van der Waals surface area contributed by atoms with Crippen LogP contribution in [0.4, 0.5) is 0 Å². The summed E-state index contributed by atoms with van der Waals surface area (Å²) in [5.41, 5.74) is 5.05. The van der Waals surface area contributed by atoms with Crippen LogP contribution < -0.4 is 5.56 Å². The van der Waals surface area contributed by atoms with Gasteiger partial charge in [-0.3, -0.25) is 9.69 Å². The second kappa shape index (κ2) is 11.3. The van der Waals surface area contributed by atoms with Gasteiger partial charge in [0, 0.05) is 18.7 Å². The summed E-state index contributed by atoms with van der Waals surface area (Å²) >= 11 is 0. The average molecular weight is 493 g/mol. The van der Waals surface area contributed by atoms with Gasteiger partial charge in [0.1, 0.15) is 0 Å². The lowest BCUT2D eigenvalue weighted by Crippen LogP contribution is -2.34. The third kappa shape index (κ3) is 5.67. The van der Waals surface area contributed by atoms with Gasteiger partial charge in [-0.25, -0.2) is 4.68 Å². The maximum absolute atomic E-state index is 13.2. The summed E-state index contributed by atoms with van der Waals surface area (Å²) in [5, 5.41) is 13.8. The van der Waals surface area contributed by atoms with Gasteiger partial charge in [-0.2, -0.15) is 0 Å². The Labute approximate surface area is 216 Å². The van der Waals surface area contributed by atoms with E-state index in [1.54, 1.807) is 0 Å². The van der Waals surface area contributed by atoms with Crippen molar-refractivity contribution in [2.45, 2.75) is 45.8 Å². The van der Waals surface area contributed by atoms with Crippen LogP contribution in [0.3, 0.4) is 0 Å². The molecular weight excluding hydrogens is 460 g/mol. The minimum atomic E-state index is -0.0507. The number of nitrogens with one attached hydrogen (secondary N) is 1. The van der Waals surface area contributed by atoms with Crippen LogP contribution in [0.15, 0.2) is 89.7 Å². The number of para-hydroxylation sites is 1. The van der Waals surface area contributed by atoms with Gasteiger partial charge in [0.15, 0.2) is 5.82 Å². The third-order valence-corrected chi connectivity index (χ3v) is 6.93. The van der Waals surface area contributed by atoms with Gasteiger partial charge in [-0.1, -0.05) is 85.8 Å². The Hall–Kier alpha value is -4.10. The molecule has 5 rings (SSSR count). The molecule has 0 radical (unpaired) electrons. The molecule has 0 aliphatic carbocycles. The standard InChI is InChI=1S/C30H32N6O/c1-3-27(29-32-33-34-36(29)20-24-14-8-5-9-15-24)35(18-17-23-12-6-4-7-13-23)21-26-19-25-16-10-11-22(2)28(25)31-30(26)37/h4-16,19,27H,3,17-18,20-21H2,1-2H3,(H,31,37). The summed E-state index contributed by atoms with van der Waals surface area (Å²) in [4.78, 5) is 18.6. The zero-order valence-electron chi connectivity index (χ0n) is 21.3. The lowest BCUT2D eigenvalue weighted by atomic mass is 10.1. The van der Waals surface area contributed by atoms with E-state index in [9.17, 15) is 4.79 Å². The fraction of sp³-hybridized carbons (Fsp3) is 0.267. The minimum absolute atomic E-state index is 0.0463. The zero-order chi connectivity index (χ0) is 25.6. The largest absolute Gasteiger partial charge is 0.321 e. The molecule has 0 aliphatic rings. The van der Waals surface area contributed by atoms with Gasteiger partial charge in [0.25, 0.3) is 5.56 Å². The topological polar surface area (TPSA) is 79.7 Å².